The lowest BCUT2D eigenvalue weighted by atomic mass is 9.98. The fraction of sp³-hybridized carbons (Fsp3) is 0.111. The van der Waals surface area contributed by atoms with E-state index < -0.39 is 0 Å². The summed E-state index contributed by atoms with van der Waals surface area (Å²) in [6.07, 6.45) is 0. The number of pyridine rings is 1. The molecule has 0 saturated heterocycles. The van der Waals surface area contributed by atoms with E-state index in [0.717, 1.165) is 27.6 Å². The molecule has 3 rings (SSSR count). The summed E-state index contributed by atoms with van der Waals surface area (Å²) in [7, 11) is 3.14. The van der Waals surface area contributed by atoms with Crippen molar-refractivity contribution in [2.24, 2.45) is 0 Å². The molecule has 0 amide bonds. The van der Waals surface area contributed by atoms with Crippen LogP contribution in [0.25, 0.3) is 21.9 Å². The quantitative estimate of drug-likeness (QED) is 0.802. The maximum absolute atomic E-state index is 9.09. The summed E-state index contributed by atoms with van der Waals surface area (Å²) in [5, 5.41) is 11.1. The summed E-state index contributed by atoms with van der Waals surface area (Å²) in [5.41, 5.74) is 8.01. The molecule has 0 radical (unpaired) electrons. The average molecular weight is 305 g/mol. The van der Waals surface area contributed by atoms with Crippen LogP contribution in [0.15, 0.2) is 42.5 Å². The number of nitrogens with zero attached hydrogens (tertiary/aromatic N) is 2. The van der Waals surface area contributed by atoms with Gasteiger partial charge in [-0.05, 0) is 34.5 Å². The Kier molecular flexibility index (Phi) is 3.73. The molecule has 114 valence electrons. The van der Waals surface area contributed by atoms with E-state index in [1.54, 1.807) is 13.2 Å². The minimum atomic E-state index is 0.151. The third-order valence-corrected chi connectivity index (χ3v) is 3.68. The number of hydrogen-bond acceptors (Lipinski definition) is 5. The van der Waals surface area contributed by atoms with Gasteiger partial charge < -0.3 is 15.2 Å². The highest BCUT2D eigenvalue weighted by Gasteiger charge is 2.15. The Labute approximate surface area is 133 Å². The average Bonchev–Trinajstić information content (AvgIpc) is 2.60. The molecule has 1 heterocycles. The predicted molar refractivity (Wildman–Crippen MR) is 89.4 cm³/mol. The van der Waals surface area contributed by atoms with Crippen molar-refractivity contribution in [3.63, 3.8) is 0 Å². The van der Waals surface area contributed by atoms with E-state index in [0.29, 0.717) is 11.6 Å². The molecule has 0 saturated carbocycles. The lowest BCUT2D eigenvalue weighted by Gasteiger charge is -2.13. The molecule has 5 nitrogen and oxygen atoms in total. The Balaban J connectivity index is 2.36. The molecule has 0 spiro atoms. The van der Waals surface area contributed by atoms with Crippen LogP contribution in [0.1, 0.15) is 5.69 Å². The van der Waals surface area contributed by atoms with Gasteiger partial charge in [0.15, 0.2) is 5.69 Å². The summed E-state index contributed by atoms with van der Waals surface area (Å²) < 4.78 is 10.7. The van der Waals surface area contributed by atoms with E-state index in [2.05, 4.69) is 4.98 Å². The van der Waals surface area contributed by atoms with Crippen LogP contribution >= 0.6 is 0 Å². The molecule has 0 bridgehead atoms. The number of nitrogens with two attached hydrogens (primary N) is 1. The number of rotatable bonds is 3. The van der Waals surface area contributed by atoms with E-state index in [4.69, 9.17) is 20.5 Å². The highest BCUT2D eigenvalue weighted by atomic mass is 16.5. The van der Waals surface area contributed by atoms with E-state index in [1.807, 2.05) is 42.5 Å². The molecule has 0 fully saturated rings. The van der Waals surface area contributed by atoms with Gasteiger partial charge in [-0.1, -0.05) is 24.3 Å². The minimum Gasteiger partial charge on any atom is -0.497 e. The lowest BCUT2D eigenvalue weighted by molar-refractivity contribution is 0.399. The number of hydrogen-bond donors (Lipinski definition) is 1. The fourth-order valence-corrected chi connectivity index (χ4v) is 2.57. The van der Waals surface area contributed by atoms with Crippen molar-refractivity contribution in [3.8, 4) is 28.8 Å². The first-order valence-electron chi connectivity index (χ1n) is 6.99. The number of aromatic nitrogens is 1. The third-order valence-electron chi connectivity index (χ3n) is 3.68. The maximum atomic E-state index is 9.09. The van der Waals surface area contributed by atoms with Gasteiger partial charge in [-0.15, -0.1) is 0 Å². The van der Waals surface area contributed by atoms with Crippen LogP contribution in [0.4, 0.5) is 5.69 Å². The second kappa shape index (κ2) is 5.85. The van der Waals surface area contributed by atoms with E-state index in [9.17, 15) is 0 Å². The highest BCUT2D eigenvalue weighted by molar-refractivity contribution is 5.99. The van der Waals surface area contributed by atoms with Gasteiger partial charge in [0.25, 0.3) is 0 Å². The molecule has 0 atom stereocenters. The van der Waals surface area contributed by atoms with Crippen molar-refractivity contribution in [1.82, 2.24) is 4.98 Å². The van der Waals surface area contributed by atoms with Gasteiger partial charge >= 0.3 is 0 Å². The van der Waals surface area contributed by atoms with Crippen molar-refractivity contribution in [1.29, 1.82) is 5.26 Å². The zero-order valence-electron chi connectivity index (χ0n) is 12.8. The number of ether oxygens (including phenoxy) is 2. The van der Waals surface area contributed by atoms with Crippen LogP contribution in [-0.2, 0) is 0 Å². The molecular formula is C18H15N3O2. The largest absolute Gasteiger partial charge is 0.497 e. The Morgan fingerprint density at radius 1 is 1.04 bits per heavy atom. The van der Waals surface area contributed by atoms with Gasteiger partial charge in [-0.3, -0.25) is 0 Å². The molecule has 2 aromatic carbocycles. The predicted octanol–water partition coefficient (Wildman–Crippen LogP) is 3.37. The first-order chi connectivity index (χ1) is 11.2. The van der Waals surface area contributed by atoms with Crippen LogP contribution in [-0.4, -0.2) is 19.2 Å². The van der Waals surface area contributed by atoms with Gasteiger partial charge in [0.05, 0.1) is 19.9 Å². The minimum absolute atomic E-state index is 0.151. The molecular weight excluding hydrogens is 290 g/mol. The van der Waals surface area contributed by atoms with Crippen molar-refractivity contribution < 1.29 is 9.47 Å². The SMILES string of the molecule is COc1cc(-c2cc(N)c(C#N)nc2OC)c2ccccc2c1. The summed E-state index contributed by atoms with van der Waals surface area (Å²) in [5.74, 6) is 1.08. The van der Waals surface area contributed by atoms with Gasteiger partial charge in [-0.25, -0.2) is 0 Å². The molecule has 3 aromatic rings. The van der Waals surface area contributed by atoms with Crippen LogP contribution < -0.4 is 15.2 Å². The number of methoxy groups -OCH3 is 2. The van der Waals surface area contributed by atoms with E-state index >= 15 is 0 Å². The molecule has 0 unspecified atom stereocenters. The Morgan fingerprint density at radius 3 is 2.52 bits per heavy atom. The van der Waals surface area contributed by atoms with Crippen molar-refractivity contribution in [2.45, 2.75) is 0 Å². The van der Waals surface area contributed by atoms with Crippen LogP contribution in [0.2, 0.25) is 0 Å². The number of anilines is 1. The second-order valence-electron chi connectivity index (χ2n) is 4.99. The first kappa shape index (κ1) is 14.7. The lowest BCUT2D eigenvalue weighted by Crippen LogP contribution is -2.00. The summed E-state index contributed by atoms with van der Waals surface area (Å²) in [4.78, 5) is 4.20. The first-order valence-corrected chi connectivity index (χ1v) is 6.99. The van der Waals surface area contributed by atoms with Crippen LogP contribution in [0, 0.1) is 11.3 Å². The maximum Gasteiger partial charge on any atom is 0.222 e. The number of fused-ring (bicyclic) bond motifs is 1. The van der Waals surface area contributed by atoms with Crippen molar-refractivity contribution in [3.05, 3.63) is 48.2 Å². The smallest absolute Gasteiger partial charge is 0.222 e. The molecule has 5 heteroatoms. The summed E-state index contributed by atoms with van der Waals surface area (Å²) in [6, 6.07) is 15.5. The Hall–Kier alpha value is -3.26. The zero-order chi connectivity index (χ0) is 16.4. The molecule has 23 heavy (non-hydrogen) atoms. The Morgan fingerprint density at radius 2 is 1.83 bits per heavy atom. The number of nitrogen functional groups attached to an aromatic ring is 1. The Bertz CT molecular complexity index is 929. The molecule has 1 aromatic heterocycles. The van der Waals surface area contributed by atoms with Gasteiger partial charge in [0.1, 0.15) is 11.8 Å². The van der Waals surface area contributed by atoms with Gasteiger partial charge in [0.2, 0.25) is 5.88 Å². The number of benzene rings is 2. The van der Waals surface area contributed by atoms with Crippen molar-refractivity contribution in [2.75, 3.05) is 20.0 Å². The van der Waals surface area contributed by atoms with Crippen LogP contribution in [0.5, 0.6) is 11.6 Å². The monoisotopic (exact) mass is 305 g/mol. The molecule has 2 N–H and O–H groups in total. The van der Waals surface area contributed by atoms with Crippen molar-refractivity contribution >= 4 is 16.5 Å². The number of nitriles is 1. The van der Waals surface area contributed by atoms with E-state index in [-0.39, 0.29) is 5.69 Å². The normalized spacial score (nSPS) is 10.3. The summed E-state index contributed by atoms with van der Waals surface area (Å²) in [6.45, 7) is 0. The topological polar surface area (TPSA) is 81.2 Å². The highest BCUT2D eigenvalue weighted by Crippen LogP contribution is 2.38. The van der Waals surface area contributed by atoms with Gasteiger partial charge in [0, 0.05) is 5.56 Å². The van der Waals surface area contributed by atoms with Crippen LogP contribution in [0.3, 0.4) is 0 Å². The fourth-order valence-electron chi connectivity index (χ4n) is 2.57. The molecule has 0 aliphatic rings. The second-order valence-corrected chi connectivity index (χ2v) is 4.99. The molecule has 0 aliphatic carbocycles. The molecule has 0 aliphatic heterocycles. The van der Waals surface area contributed by atoms with Gasteiger partial charge in [-0.2, -0.15) is 10.2 Å². The standard InChI is InChI=1S/C18H15N3O2/c1-22-12-7-11-5-3-4-6-13(11)14(8-12)15-9-16(20)17(10-19)21-18(15)23-2/h3-9H,20H2,1-2H3. The summed E-state index contributed by atoms with van der Waals surface area (Å²) >= 11 is 0. The van der Waals surface area contributed by atoms with E-state index in [1.165, 1.54) is 7.11 Å². The third kappa shape index (κ3) is 2.51. The zero-order valence-corrected chi connectivity index (χ0v) is 12.8.